The molecular formula is C12H25N3O3S. The van der Waals surface area contributed by atoms with E-state index >= 15 is 0 Å². The van der Waals surface area contributed by atoms with Crippen molar-refractivity contribution < 1.29 is 13.2 Å². The number of sulfonamides is 1. The number of nitrogens with zero attached hydrogens (tertiary/aromatic N) is 1. The second-order valence-corrected chi connectivity index (χ2v) is 7.32. The van der Waals surface area contributed by atoms with Gasteiger partial charge in [0.25, 0.3) is 0 Å². The third-order valence-corrected chi connectivity index (χ3v) is 4.01. The molecule has 2 atom stereocenters. The molecular weight excluding hydrogens is 266 g/mol. The molecule has 0 spiro atoms. The fourth-order valence-corrected chi connectivity index (χ4v) is 2.78. The van der Waals surface area contributed by atoms with Gasteiger partial charge in [-0.3, -0.25) is 4.79 Å². The summed E-state index contributed by atoms with van der Waals surface area (Å²) in [4.78, 5) is 13.8. The molecule has 112 valence electrons. The Labute approximate surface area is 115 Å². The first-order valence-electron chi connectivity index (χ1n) is 6.76. The van der Waals surface area contributed by atoms with Crippen LogP contribution < -0.4 is 10.5 Å². The molecule has 0 aromatic heterocycles. The minimum absolute atomic E-state index is 0.0384. The molecule has 0 aliphatic carbocycles. The van der Waals surface area contributed by atoms with Crippen LogP contribution in [0.3, 0.4) is 0 Å². The molecule has 0 radical (unpaired) electrons. The molecule has 0 bridgehead atoms. The van der Waals surface area contributed by atoms with Crippen LogP contribution in [-0.4, -0.2) is 51.2 Å². The van der Waals surface area contributed by atoms with Gasteiger partial charge in [-0.05, 0) is 32.1 Å². The fourth-order valence-electron chi connectivity index (χ4n) is 2.24. The summed E-state index contributed by atoms with van der Waals surface area (Å²) in [7, 11) is -3.15. The fraction of sp³-hybridized carbons (Fsp3) is 0.917. The van der Waals surface area contributed by atoms with Crippen LogP contribution in [-0.2, 0) is 14.8 Å². The number of amides is 1. The molecule has 1 amide bonds. The van der Waals surface area contributed by atoms with E-state index < -0.39 is 10.0 Å². The minimum Gasteiger partial charge on any atom is -0.342 e. The third-order valence-electron chi connectivity index (χ3n) is 3.32. The van der Waals surface area contributed by atoms with E-state index in [1.165, 1.54) is 0 Å². The lowest BCUT2D eigenvalue weighted by Crippen LogP contribution is -2.43. The zero-order valence-corrected chi connectivity index (χ0v) is 12.6. The minimum atomic E-state index is -3.15. The number of nitrogens with two attached hydrogens (primary N) is 1. The summed E-state index contributed by atoms with van der Waals surface area (Å²) in [6, 6.07) is 0.0384. The Bertz CT molecular complexity index is 395. The van der Waals surface area contributed by atoms with Gasteiger partial charge in [-0.1, -0.05) is 0 Å². The molecule has 7 heteroatoms. The summed E-state index contributed by atoms with van der Waals surface area (Å²) in [5, 5.41) is 0. The highest BCUT2D eigenvalue weighted by Gasteiger charge is 2.24. The molecule has 0 aromatic rings. The highest BCUT2D eigenvalue weighted by Crippen LogP contribution is 2.17. The van der Waals surface area contributed by atoms with Gasteiger partial charge in [0.15, 0.2) is 0 Å². The average molecular weight is 291 g/mol. The summed E-state index contributed by atoms with van der Waals surface area (Å²) >= 11 is 0. The van der Waals surface area contributed by atoms with Gasteiger partial charge in [-0.2, -0.15) is 0 Å². The highest BCUT2D eigenvalue weighted by atomic mass is 32.2. The van der Waals surface area contributed by atoms with Crippen molar-refractivity contribution in [2.24, 2.45) is 11.7 Å². The van der Waals surface area contributed by atoms with E-state index in [2.05, 4.69) is 4.72 Å². The number of likely N-dealkylation sites (tertiary alicyclic amines) is 1. The molecule has 2 unspecified atom stereocenters. The Hall–Kier alpha value is -0.660. The number of hydrogen-bond donors (Lipinski definition) is 2. The molecule has 1 saturated heterocycles. The van der Waals surface area contributed by atoms with Gasteiger partial charge in [-0.25, -0.2) is 13.1 Å². The van der Waals surface area contributed by atoms with E-state index in [1.54, 1.807) is 0 Å². The standard InChI is InChI=1S/C12H25N3O3S/c1-10(13)5-6-12(16)15-7-3-4-11(9-15)8-14-19(2,17)18/h10-11,14H,3-9,13H2,1-2H3. The predicted octanol–water partition coefficient (Wildman–Crippen LogP) is -0.0984. The quantitative estimate of drug-likeness (QED) is 0.715. The molecule has 1 aliphatic rings. The number of carbonyl (C=O) groups excluding carboxylic acids is 1. The van der Waals surface area contributed by atoms with E-state index in [4.69, 9.17) is 5.73 Å². The van der Waals surface area contributed by atoms with Gasteiger partial charge in [0, 0.05) is 32.1 Å². The van der Waals surface area contributed by atoms with Crippen molar-refractivity contribution in [3.8, 4) is 0 Å². The molecule has 1 rings (SSSR count). The lowest BCUT2D eigenvalue weighted by molar-refractivity contribution is -0.133. The van der Waals surface area contributed by atoms with E-state index in [1.807, 2.05) is 11.8 Å². The maximum atomic E-state index is 12.0. The largest absolute Gasteiger partial charge is 0.342 e. The molecule has 0 saturated carbocycles. The zero-order valence-electron chi connectivity index (χ0n) is 11.8. The number of rotatable bonds is 6. The summed E-state index contributed by atoms with van der Waals surface area (Å²) < 4.78 is 24.6. The summed E-state index contributed by atoms with van der Waals surface area (Å²) in [5.41, 5.74) is 5.65. The molecule has 1 fully saturated rings. The topological polar surface area (TPSA) is 92.5 Å². The molecule has 3 N–H and O–H groups in total. The van der Waals surface area contributed by atoms with E-state index in [0.717, 1.165) is 25.6 Å². The first-order chi connectivity index (χ1) is 8.78. The third kappa shape index (κ3) is 6.89. The predicted molar refractivity (Wildman–Crippen MR) is 75.0 cm³/mol. The molecule has 0 aromatic carbocycles. The van der Waals surface area contributed by atoms with Crippen LogP contribution in [0.2, 0.25) is 0 Å². The van der Waals surface area contributed by atoms with Crippen molar-refractivity contribution >= 4 is 15.9 Å². The second kappa shape index (κ2) is 7.21. The smallest absolute Gasteiger partial charge is 0.222 e. The van der Waals surface area contributed by atoms with Crippen molar-refractivity contribution in [3.63, 3.8) is 0 Å². The number of carbonyl (C=O) groups is 1. The first-order valence-corrected chi connectivity index (χ1v) is 8.65. The van der Waals surface area contributed by atoms with Crippen molar-refractivity contribution in [3.05, 3.63) is 0 Å². The normalized spacial score (nSPS) is 22.3. The van der Waals surface area contributed by atoms with Gasteiger partial charge in [0.1, 0.15) is 0 Å². The lowest BCUT2D eigenvalue weighted by atomic mass is 9.98. The maximum absolute atomic E-state index is 12.0. The van der Waals surface area contributed by atoms with E-state index in [9.17, 15) is 13.2 Å². The zero-order chi connectivity index (χ0) is 14.5. The lowest BCUT2D eigenvalue weighted by Gasteiger charge is -2.33. The highest BCUT2D eigenvalue weighted by molar-refractivity contribution is 7.88. The summed E-state index contributed by atoms with van der Waals surface area (Å²) in [6.45, 7) is 3.71. The number of piperidine rings is 1. The SMILES string of the molecule is CC(N)CCC(=O)N1CCCC(CNS(C)(=O)=O)C1. The van der Waals surface area contributed by atoms with Crippen LogP contribution in [0.15, 0.2) is 0 Å². The monoisotopic (exact) mass is 291 g/mol. The van der Waals surface area contributed by atoms with Crippen LogP contribution in [0.4, 0.5) is 0 Å². The molecule has 1 heterocycles. The van der Waals surface area contributed by atoms with Crippen LogP contribution in [0.5, 0.6) is 0 Å². The van der Waals surface area contributed by atoms with Crippen LogP contribution in [0, 0.1) is 5.92 Å². The van der Waals surface area contributed by atoms with E-state index in [-0.39, 0.29) is 17.9 Å². The Morgan fingerprint density at radius 2 is 2.21 bits per heavy atom. The van der Waals surface area contributed by atoms with Crippen molar-refractivity contribution in [2.75, 3.05) is 25.9 Å². The van der Waals surface area contributed by atoms with Crippen molar-refractivity contribution in [1.29, 1.82) is 0 Å². The molecule has 1 aliphatic heterocycles. The Morgan fingerprint density at radius 3 is 2.79 bits per heavy atom. The van der Waals surface area contributed by atoms with Crippen molar-refractivity contribution in [1.82, 2.24) is 9.62 Å². The average Bonchev–Trinajstić information content (AvgIpc) is 2.33. The van der Waals surface area contributed by atoms with Crippen molar-refractivity contribution in [2.45, 2.75) is 38.6 Å². The van der Waals surface area contributed by atoms with Gasteiger partial charge < -0.3 is 10.6 Å². The van der Waals surface area contributed by atoms with Gasteiger partial charge in [0.2, 0.25) is 15.9 Å². The van der Waals surface area contributed by atoms with Gasteiger partial charge in [-0.15, -0.1) is 0 Å². The van der Waals surface area contributed by atoms with Gasteiger partial charge >= 0.3 is 0 Å². The van der Waals surface area contributed by atoms with Gasteiger partial charge in [0.05, 0.1) is 6.26 Å². The summed E-state index contributed by atoms with van der Waals surface area (Å²) in [6.07, 6.45) is 4.21. The molecule has 19 heavy (non-hydrogen) atoms. The second-order valence-electron chi connectivity index (χ2n) is 5.48. The Kier molecular flexibility index (Phi) is 6.22. The van der Waals surface area contributed by atoms with Crippen LogP contribution >= 0.6 is 0 Å². The maximum Gasteiger partial charge on any atom is 0.222 e. The molecule has 6 nitrogen and oxygen atoms in total. The number of nitrogens with one attached hydrogen (secondary N) is 1. The van der Waals surface area contributed by atoms with Crippen LogP contribution in [0.1, 0.15) is 32.6 Å². The summed E-state index contributed by atoms with van der Waals surface area (Å²) in [5.74, 6) is 0.337. The van der Waals surface area contributed by atoms with E-state index in [0.29, 0.717) is 25.9 Å². The first kappa shape index (κ1) is 16.4. The Morgan fingerprint density at radius 1 is 1.53 bits per heavy atom. The van der Waals surface area contributed by atoms with Crippen LogP contribution in [0.25, 0.3) is 0 Å². The number of hydrogen-bond acceptors (Lipinski definition) is 4. The Balaban J connectivity index is 2.39.